The van der Waals surface area contributed by atoms with E-state index in [-0.39, 0.29) is 5.97 Å². The smallest absolute Gasteiger partial charge is 0.330 e. The van der Waals surface area contributed by atoms with Crippen LogP contribution in [-0.4, -0.2) is 67.1 Å². The average molecular weight is 342 g/mol. The maximum Gasteiger partial charge on any atom is 0.330 e. The van der Waals surface area contributed by atoms with Gasteiger partial charge in [0.1, 0.15) is 5.82 Å². The number of hydrogen-bond donors (Lipinski definition) is 1. The third kappa shape index (κ3) is 3.55. The molecule has 6 nitrogen and oxygen atoms in total. The minimum absolute atomic E-state index is 0.280. The van der Waals surface area contributed by atoms with Crippen LogP contribution in [0.4, 0.5) is 5.82 Å². The van der Waals surface area contributed by atoms with Gasteiger partial charge in [-0.15, -0.1) is 0 Å². The van der Waals surface area contributed by atoms with E-state index in [1.54, 1.807) is 0 Å². The van der Waals surface area contributed by atoms with Crippen molar-refractivity contribution in [3.63, 3.8) is 0 Å². The average Bonchev–Trinajstić information content (AvgIpc) is 2.57. The minimum atomic E-state index is -0.280. The Balaban J connectivity index is 1.21. The van der Waals surface area contributed by atoms with Crippen LogP contribution in [0.2, 0.25) is 0 Å². The standard InChI is InChI=1S/C19H26N4O2/c1-25-17(24)5-3-9-22-11-19(12-22)13-23(14-19)10-16-7-6-15-4-2-8-20-18(15)21-16/h3,5-7H,2,4,8-14H2,1H3,(H,20,21)/b5-3+. The lowest BCUT2D eigenvalue weighted by Crippen LogP contribution is -2.71. The highest BCUT2D eigenvalue weighted by Gasteiger charge is 2.50. The number of ether oxygens (including phenoxy) is 1. The quantitative estimate of drug-likeness (QED) is 0.643. The Hall–Kier alpha value is -1.92. The first-order valence-corrected chi connectivity index (χ1v) is 9.08. The lowest BCUT2D eigenvalue weighted by molar-refractivity contribution is -0.134. The number of rotatable bonds is 5. The van der Waals surface area contributed by atoms with Crippen LogP contribution in [-0.2, 0) is 22.5 Å². The Morgan fingerprint density at radius 2 is 2.12 bits per heavy atom. The number of nitrogens with zero attached hydrogens (tertiary/aromatic N) is 3. The second-order valence-corrected chi connectivity index (χ2v) is 7.58. The Morgan fingerprint density at radius 1 is 1.32 bits per heavy atom. The summed E-state index contributed by atoms with van der Waals surface area (Å²) in [5.74, 6) is 0.809. The molecule has 1 aromatic heterocycles. The maximum atomic E-state index is 11.1. The maximum absolute atomic E-state index is 11.1. The van der Waals surface area contributed by atoms with Gasteiger partial charge in [-0.3, -0.25) is 9.80 Å². The Labute approximate surface area is 148 Å². The SMILES string of the molecule is COC(=O)/C=C/CN1CC2(C1)CN(Cc1ccc3c(n1)NCCC3)C2. The molecule has 0 aliphatic carbocycles. The zero-order valence-electron chi connectivity index (χ0n) is 14.8. The van der Waals surface area contributed by atoms with E-state index in [0.29, 0.717) is 5.41 Å². The summed E-state index contributed by atoms with van der Waals surface area (Å²) in [7, 11) is 1.40. The molecule has 0 bridgehead atoms. The number of methoxy groups -OCH3 is 1. The van der Waals surface area contributed by atoms with Gasteiger partial charge in [0.05, 0.1) is 12.8 Å². The van der Waals surface area contributed by atoms with Gasteiger partial charge in [0.15, 0.2) is 0 Å². The molecule has 0 amide bonds. The zero-order chi connectivity index (χ0) is 17.3. The van der Waals surface area contributed by atoms with Gasteiger partial charge in [0.2, 0.25) is 0 Å². The third-order valence-corrected chi connectivity index (χ3v) is 5.39. The van der Waals surface area contributed by atoms with Gasteiger partial charge < -0.3 is 10.1 Å². The number of carbonyl (C=O) groups excluding carboxylic acids is 1. The summed E-state index contributed by atoms with van der Waals surface area (Å²) in [6, 6.07) is 4.42. The molecule has 2 saturated heterocycles. The van der Waals surface area contributed by atoms with E-state index < -0.39 is 0 Å². The van der Waals surface area contributed by atoms with Crippen LogP contribution < -0.4 is 5.32 Å². The van der Waals surface area contributed by atoms with Gasteiger partial charge in [-0.05, 0) is 24.5 Å². The van der Waals surface area contributed by atoms with E-state index in [0.717, 1.165) is 58.1 Å². The summed E-state index contributed by atoms with van der Waals surface area (Å²) in [5, 5.41) is 3.41. The van der Waals surface area contributed by atoms with Crippen LogP contribution in [0, 0.1) is 5.41 Å². The Morgan fingerprint density at radius 3 is 2.92 bits per heavy atom. The number of likely N-dealkylation sites (tertiary alicyclic amines) is 2. The van der Waals surface area contributed by atoms with Gasteiger partial charge >= 0.3 is 5.97 Å². The predicted molar refractivity (Wildman–Crippen MR) is 96.4 cm³/mol. The molecule has 1 aromatic rings. The van der Waals surface area contributed by atoms with Crippen LogP contribution >= 0.6 is 0 Å². The summed E-state index contributed by atoms with van der Waals surface area (Å²) in [6.07, 6.45) is 5.74. The molecule has 6 heteroatoms. The number of carbonyl (C=O) groups is 1. The second kappa shape index (κ2) is 6.77. The van der Waals surface area contributed by atoms with Crippen molar-refractivity contribution in [2.45, 2.75) is 19.4 Å². The van der Waals surface area contributed by atoms with E-state index in [9.17, 15) is 4.79 Å². The van der Waals surface area contributed by atoms with Crippen molar-refractivity contribution < 1.29 is 9.53 Å². The molecular formula is C19H26N4O2. The number of aryl methyl sites for hydroxylation is 1. The molecule has 0 radical (unpaired) electrons. The molecule has 2 fully saturated rings. The third-order valence-electron chi connectivity index (χ3n) is 5.39. The fourth-order valence-electron chi connectivity index (χ4n) is 4.30. The van der Waals surface area contributed by atoms with Crippen molar-refractivity contribution in [3.8, 4) is 0 Å². The highest BCUT2D eigenvalue weighted by atomic mass is 16.5. The second-order valence-electron chi connectivity index (χ2n) is 7.58. The predicted octanol–water partition coefficient (Wildman–Crippen LogP) is 1.29. The summed E-state index contributed by atoms with van der Waals surface area (Å²) in [5.41, 5.74) is 2.98. The van der Waals surface area contributed by atoms with Gasteiger partial charge in [-0.25, -0.2) is 9.78 Å². The van der Waals surface area contributed by atoms with Crippen LogP contribution in [0.1, 0.15) is 17.7 Å². The summed E-state index contributed by atoms with van der Waals surface area (Å²) in [6.45, 7) is 7.35. The molecule has 0 saturated carbocycles. The molecule has 134 valence electrons. The first-order valence-electron chi connectivity index (χ1n) is 9.08. The van der Waals surface area contributed by atoms with E-state index >= 15 is 0 Å². The molecule has 3 aliphatic heterocycles. The highest BCUT2D eigenvalue weighted by molar-refractivity contribution is 5.81. The van der Waals surface area contributed by atoms with Gasteiger partial charge in [-0.2, -0.15) is 0 Å². The van der Waals surface area contributed by atoms with Gasteiger partial charge in [0.25, 0.3) is 0 Å². The van der Waals surface area contributed by atoms with E-state index in [1.165, 1.54) is 30.9 Å². The lowest BCUT2D eigenvalue weighted by Gasteiger charge is -2.60. The van der Waals surface area contributed by atoms with Crippen molar-refractivity contribution in [2.24, 2.45) is 5.41 Å². The molecule has 25 heavy (non-hydrogen) atoms. The van der Waals surface area contributed by atoms with Crippen molar-refractivity contribution in [1.82, 2.24) is 14.8 Å². The summed E-state index contributed by atoms with van der Waals surface area (Å²) in [4.78, 5) is 20.7. The molecule has 0 atom stereocenters. The number of nitrogens with one attached hydrogen (secondary N) is 1. The first kappa shape index (κ1) is 16.5. The number of esters is 1. The Kier molecular flexibility index (Phi) is 4.48. The normalized spacial score (nSPS) is 22.1. The van der Waals surface area contributed by atoms with Crippen molar-refractivity contribution in [1.29, 1.82) is 0 Å². The fourth-order valence-corrected chi connectivity index (χ4v) is 4.30. The monoisotopic (exact) mass is 342 g/mol. The first-order chi connectivity index (χ1) is 12.2. The molecule has 0 aromatic carbocycles. The van der Waals surface area contributed by atoms with E-state index in [1.807, 2.05) is 6.08 Å². The molecule has 1 spiro atoms. The molecule has 0 unspecified atom stereocenters. The van der Waals surface area contributed by atoms with Crippen LogP contribution in [0.15, 0.2) is 24.3 Å². The molecule has 1 N–H and O–H groups in total. The molecule has 4 rings (SSSR count). The zero-order valence-corrected chi connectivity index (χ0v) is 14.8. The molecule has 3 aliphatic rings. The van der Waals surface area contributed by atoms with Gasteiger partial charge in [0, 0.05) is 57.3 Å². The van der Waals surface area contributed by atoms with Crippen molar-refractivity contribution in [3.05, 3.63) is 35.5 Å². The molecular weight excluding hydrogens is 316 g/mol. The number of anilines is 1. The number of pyridine rings is 1. The van der Waals surface area contributed by atoms with Crippen LogP contribution in [0.5, 0.6) is 0 Å². The van der Waals surface area contributed by atoms with Crippen molar-refractivity contribution >= 4 is 11.8 Å². The van der Waals surface area contributed by atoms with E-state index in [2.05, 4.69) is 32.0 Å². The highest BCUT2D eigenvalue weighted by Crippen LogP contribution is 2.40. The number of fused-ring (bicyclic) bond motifs is 1. The van der Waals surface area contributed by atoms with E-state index in [4.69, 9.17) is 4.98 Å². The van der Waals surface area contributed by atoms with Crippen molar-refractivity contribution in [2.75, 3.05) is 51.7 Å². The number of hydrogen-bond acceptors (Lipinski definition) is 6. The summed E-state index contributed by atoms with van der Waals surface area (Å²) < 4.78 is 4.60. The Bertz CT molecular complexity index is 674. The van der Waals surface area contributed by atoms with Crippen LogP contribution in [0.25, 0.3) is 0 Å². The van der Waals surface area contributed by atoms with Crippen LogP contribution in [0.3, 0.4) is 0 Å². The topological polar surface area (TPSA) is 57.7 Å². The largest absolute Gasteiger partial charge is 0.466 e. The molecule has 4 heterocycles. The minimum Gasteiger partial charge on any atom is -0.466 e. The van der Waals surface area contributed by atoms with Gasteiger partial charge in [-0.1, -0.05) is 12.1 Å². The number of aromatic nitrogens is 1. The lowest BCUT2D eigenvalue weighted by atomic mass is 9.73. The summed E-state index contributed by atoms with van der Waals surface area (Å²) >= 11 is 0. The fraction of sp³-hybridized carbons (Fsp3) is 0.579.